The molecule has 2 N–H and O–H groups in total. The quantitative estimate of drug-likeness (QED) is 0.890. The van der Waals surface area contributed by atoms with Gasteiger partial charge in [0, 0.05) is 32.4 Å². The second kappa shape index (κ2) is 5.78. The lowest BCUT2D eigenvalue weighted by atomic mass is 10.2. The fourth-order valence-electron chi connectivity index (χ4n) is 2.40. The number of hydrogen-bond donors (Lipinski definition) is 1. The second-order valence-electron chi connectivity index (χ2n) is 4.94. The number of anilines is 2. The summed E-state index contributed by atoms with van der Waals surface area (Å²) >= 11 is 0. The molecule has 0 unspecified atom stereocenters. The summed E-state index contributed by atoms with van der Waals surface area (Å²) in [5.74, 6) is 0.508. The van der Waals surface area contributed by atoms with Crippen LogP contribution < -0.4 is 10.6 Å². The third-order valence-electron chi connectivity index (χ3n) is 3.59. The Labute approximate surface area is 123 Å². The van der Waals surface area contributed by atoms with E-state index in [1.54, 1.807) is 24.5 Å². The van der Waals surface area contributed by atoms with Gasteiger partial charge in [-0.05, 0) is 24.3 Å². The Bertz CT molecular complexity index is 606. The molecule has 0 bridgehead atoms. The molecule has 0 aromatic carbocycles. The lowest BCUT2D eigenvalue weighted by molar-refractivity contribution is 0.0741. The van der Waals surface area contributed by atoms with E-state index in [9.17, 15) is 4.79 Å². The molecule has 1 aliphatic rings. The fourth-order valence-corrected chi connectivity index (χ4v) is 2.40. The first-order valence-electron chi connectivity index (χ1n) is 6.91. The summed E-state index contributed by atoms with van der Waals surface area (Å²) in [6.45, 7) is 2.92. The molecule has 6 heteroatoms. The molecule has 108 valence electrons. The molecule has 0 aliphatic carbocycles. The summed E-state index contributed by atoms with van der Waals surface area (Å²) in [5, 5.41) is 0. The van der Waals surface area contributed by atoms with E-state index in [4.69, 9.17) is 5.73 Å². The van der Waals surface area contributed by atoms with Gasteiger partial charge >= 0.3 is 0 Å². The van der Waals surface area contributed by atoms with Crippen molar-refractivity contribution in [2.75, 3.05) is 36.8 Å². The van der Waals surface area contributed by atoms with E-state index in [1.807, 2.05) is 23.1 Å². The van der Waals surface area contributed by atoms with Crippen molar-refractivity contribution in [3.05, 3.63) is 48.4 Å². The minimum atomic E-state index is -0.00863. The number of nitrogens with two attached hydrogens (primary N) is 1. The van der Waals surface area contributed by atoms with Crippen molar-refractivity contribution in [3.8, 4) is 0 Å². The first-order chi connectivity index (χ1) is 10.2. The average Bonchev–Trinajstić information content (AvgIpc) is 2.56. The van der Waals surface area contributed by atoms with Crippen LogP contribution in [-0.2, 0) is 0 Å². The highest BCUT2D eigenvalue weighted by molar-refractivity contribution is 5.92. The minimum absolute atomic E-state index is 0.00863. The van der Waals surface area contributed by atoms with Gasteiger partial charge in [-0.25, -0.2) is 4.98 Å². The molecule has 0 spiro atoms. The van der Waals surface area contributed by atoms with E-state index >= 15 is 0 Å². The Kier molecular flexibility index (Phi) is 3.68. The molecule has 21 heavy (non-hydrogen) atoms. The Balaban J connectivity index is 1.63. The van der Waals surface area contributed by atoms with E-state index in [0.29, 0.717) is 24.6 Å². The fraction of sp³-hybridized carbons (Fsp3) is 0.267. The molecule has 0 radical (unpaired) electrons. The molecular formula is C15H17N5O. The Morgan fingerprint density at radius 3 is 2.48 bits per heavy atom. The maximum Gasteiger partial charge on any atom is 0.272 e. The van der Waals surface area contributed by atoms with Crippen molar-refractivity contribution >= 4 is 17.4 Å². The maximum absolute atomic E-state index is 12.3. The zero-order valence-corrected chi connectivity index (χ0v) is 11.6. The number of nitrogen functional groups attached to an aromatic ring is 1. The standard InChI is InChI=1S/C15H17N5O/c16-14-5-4-12(11-18-14)19-7-9-20(10-8-19)15(21)13-3-1-2-6-17-13/h1-6,11H,7-10H2,(H2,16,18). The Morgan fingerprint density at radius 1 is 1.05 bits per heavy atom. The van der Waals surface area contributed by atoms with Crippen LogP contribution in [0.15, 0.2) is 42.7 Å². The van der Waals surface area contributed by atoms with Crippen LogP contribution in [0.25, 0.3) is 0 Å². The number of carbonyl (C=O) groups excluding carboxylic acids is 1. The molecule has 0 atom stereocenters. The lowest BCUT2D eigenvalue weighted by Crippen LogP contribution is -2.49. The highest BCUT2D eigenvalue weighted by atomic mass is 16.2. The number of amides is 1. The van der Waals surface area contributed by atoms with Crippen molar-refractivity contribution in [3.63, 3.8) is 0 Å². The smallest absolute Gasteiger partial charge is 0.272 e. The van der Waals surface area contributed by atoms with E-state index < -0.39 is 0 Å². The summed E-state index contributed by atoms with van der Waals surface area (Å²) in [7, 11) is 0. The van der Waals surface area contributed by atoms with Crippen LogP contribution in [0.3, 0.4) is 0 Å². The van der Waals surface area contributed by atoms with Gasteiger partial charge in [0.05, 0.1) is 11.9 Å². The number of hydrogen-bond acceptors (Lipinski definition) is 5. The summed E-state index contributed by atoms with van der Waals surface area (Å²) in [5.41, 5.74) is 7.13. The average molecular weight is 283 g/mol. The highest BCUT2D eigenvalue weighted by Crippen LogP contribution is 2.16. The van der Waals surface area contributed by atoms with Gasteiger partial charge in [-0.3, -0.25) is 9.78 Å². The van der Waals surface area contributed by atoms with Gasteiger partial charge in [-0.2, -0.15) is 0 Å². The first kappa shape index (κ1) is 13.4. The molecule has 3 rings (SSSR count). The molecule has 1 saturated heterocycles. The minimum Gasteiger partial charge on any atom is -0.384 e. The molecule has 1 fully saturated rings. The monoisotopic (exact) mass is 283 g/mol. The van der Waals surface area contributed by atoms with E-state index in [2.05, 4.69) is 14.9 Å². The molecule has 2 aromatic heterocycles. The number of aromatic nitrogens is 2. The van der Waals surface area contributed by atoms with Crippen LogP contribution in [0, 0.1) is 0 Å². The van der Waals surface area contributed by atoms with Gasteiger partial charge in [0.2, 0.25) is 0 Å². The third-order valence-corrected chi connectivity index (χ3v) is 3.59. The third kappa shape index (κ3) is 2.94. The molecule has 0 saturated carbocycles. The van der Waals surface area contributed by atoms with Crippen LogP contribution in [0.4, 0.5) is 11.5 Å². The lowest BCUT2D eigenvalue weighted by Gasteiger charge is -2.35. The van der Waals surface area contributed by atoms with Gasteiger partial charge in [0.1, 0.15) is 11.5 Å². The number of rotatable bonds is 2. The van der Waals surface area contributed by atoms with Crippen LogP contribution in [0.5, 0.6) is 0 Å². The van der Waals surface area contributed by atoms with E-state index in [1.165, 1.54) is 0 Å². The number of piperazine rings is 1. The van der Waals surface area contributed by atoms with Gasteiger partial charge in [0.25, 0.3) is 5.91 Å². The Morgan fingerprint density at radius 2 is 1.86 bits per heavy atom. The Hall–Kier alpha value is -2.63. The normalized spacial score (nSPS) is 15.0. The van der Waals surface area contributed by atoms with Crippen molar-refractivity contribution < 1.29 is 4.79 Å². The highest BCUT2D eigenvalue weighted by Gasteiger charge is 2.22. The zero-order chi connectivity index (χ0) is 14.7. The van der Waals surface area contributed by atoms with Gasteiger partial charge in [-0.1, -0.05) is 6.07 Å². The SMILES string of the molecule is Nc1ccc(N2CCN(C(=O)c3ccccn3)CC2)cn1. The zero-order valence-electron chi connectivity index (χ0n) is 11.6. The number of pyridine rings is 2. The van der Waals surface area contributed by atoms with E-state index in [-0.39, 0.29) is 5.91 Å². The van der Waals surface area contributed by atoms with Crippen LogP contribution in [-0.4, -0.2) is 47.0 Å². The predicted molar refractivity (Wildman–Crippen MR) is 81.0 cm³/mol. The first-order valence-corrected chi connectivity index (χ1v) is 6.91. The van der Waals surface area contributed by atoms with Crippen molar-refractivity contribution in [2.45, 2.75) is 0 Å². The largest absolute Gasteiger partial charge is 0.384 e. The molecule has 1 aliphatic heterocycles. The van der Waals surface area contributed by atoms with Crippen molar-refractivity contribution in [1.29, 1.82) is 0 Å². The van der Waals surface area contributed by atoms with E-state index in [0.717, 1.165) is 18.8 Å². The molecule has 3 heterocycles. The van der Waals surface area contributed by atoms with Gasteiger partial charge in [0.15, 0.2) is 0 Å². The summed E-state index contributed by atoms with van der Waals surface area (Å²) in [6.07, 6.45) is 3.41. The molecular weight excluding hydrogens is 266 g/mol. The summed E-state index contributed by atoms with van der Waals surface area (Å²) < 4.78 is 0. The maximum atomic E-state index is 12.3. The predicted octanol–water partition coefficient (Wildman–Crippen LogP) is 1.02. The van der Waals surface area contributed by atoms with Crippen molar-refractivity contribution in [1.82, 2.24) is 14.9 Å². The molecule has 6 nitrogen and oxygen atoms in total. The number of nitrogens with zero attached hydrogens (tertiary/aromatic N) is 4. The van der Waals surface area contributed by atoms with Crippen LogP contribution in [0.1, 0.15) is 10.5 Å². The van der Waals surface area contributed by atoms with Gasteiger partial charge in [-0.15, -0.1) is 0 Å². The van der Waals surface area contributed by atoms with Crippen LogP contribution in [0.2, 0.25) is 0 Å². The molecule has 1 amide bonds. The summed E-state index contributed by atoms with van der Waals surface area (Å²) in [6, 6.07) is 9.14. The number of carbonyl (C=O) groups is 1. The van der Waals surface area contributed by atoms with Crippen LogP contribution >= 0.6 is 0 Å². The van der Waals surface area contributed by atoms with Crippen molar-refractivity contribution in [2.24, 2.45) is 0 Å². The molecule has 2 aromatic rings. The second-order valence-corrected chi connectivity index (χ2v) is 4.94. The topological polar surface area (TPSA) is 75.3 Å². The summed E-state index contributed by atoms with van der Waals surface area (Å²) in [4.78, 5) is 24.6. The van der Waals surface area contributed by atoms with Gasteiger partial charge < -0.3 is 15.5 Å².